The molecule has 0 unspecified atom stereocenters. The van der Waals surface area contributed by atoms with Crippen molar-refractivity contribution in [3.63, 3.8) is 0 Å². The van der Waals surface area contributed by atoms with Gasteiger partial charge in [0.1, 0.15) is 46.6 Å². The Hall–Kier alpha value is -11.3. The fourth-order valence-corrected chi connectivity index (χ4v) is 15.3. The number of piperidine rings is 3. The second kappa shape index (κ2) is 39.6. The van der Waals surface area contributed by atoms with E-state index in [1.165, 1.54) is 51.4 Å². The molecule has 0 bridgehead atoms. The molecule has 38 heteroatoms. The van der Waals surface area contributed by atoms with Crippen LogP contribution < -0.4 is 41.2 Å². The van der Waals surface area contributed by atoms with E-state index in [2.05, 4.69) is 123 Å². The lowest BCUT2D eigenvalue weighted by Crippen LogP contribution is -2.44. The summed E-state index contributed by atoms with van der Waals surface area (Å²) >= 11 is 16.4. The molecule has 0 radical (unpaired) electrons. The summed E-state index contributed by atoms with van der Waals surface area (Å²) in [6.45, 7) is 15.5. The molecular formula is C79H97Cl3N28O7. The first-order valence-electron chi connectivity index (χ1n) is 39.6. The number of nitrogens with one attached hydrogen (secondary N) is 5. The first kappa shape index (κ1) is 83.6. The third kappa shape index (κ3) is 22.9. The number of likely N-dealkylation sites (tertiary alicyclic amines) is 2. The minimum atomic E-state index is -0.502. The van der Waals surface area contributed by atoms with Gasteiger partial charge in [-0.3, -0.25) is 15.0 Å². The fraction of sp³-hybridized carbons (Fsp3) is 0.481. The summed E-state index contributed by atoms with van der Waals surface area (Å²) in [5.41, 5.74) is 16.4. The van der Waals surface area contributed by atoms with Gasteiger partial charge in [0.25, 0.3) is 0 Å². The Balaban J connectivity index is 0.000000137. The summed E-state index contributed by atoms with van der Waals surface area (Å²) in [5.74, 6) is 4.56. The maximum atomic E-state index is 12.3. The lowest BCUT2D eigenvalue weighted by molar-refractivity contribution is 0.0110. The number of amides is 2. The molecule has 6 aliphatic rings. The van der Waals surface area contributed by atoms with E-state index in [0.29, 0.717) is 108 Å². The molecule has 0 aromatic carbocycles. The third-order valence-electron chi connectivity index (χ3n) is 20.4. The number of anilines is 6. The number of nitrogens with two attached hydrogens (primary N) is 1. The van der Waals surface area contributed by atoms with Crippen LogP contribution in [0.1, 0.15) is 169 Å². The van der Waals surface area contributed by atoms with Gasteiger partial charge in [-0.1, -0.05) is 66.4 Å². The van der Waals surface area contributed by atoms with Crippen LogP contribution >= 0.6 is 35.0 Å². The second-order valence-corrected chi connectivity index (χ2v) is 32.0. The van der Waals surface area contributed by atoms with Gasteiger partial charge in [-0.2, -0.15) is 20.5 Å². The fourth-order valence-electron chi connectivity index (χ4n) is 15.0. The molecule has 14 heterocycles. The third-order valence-corrected chi connectivity index (χ3v) is 21.0. The summed E-state index contributed by atoms with van der Waals surface area (Å²) in [5, 5.41) is 48.1. The zero-order valence-corrected chi connectivity index (χ0v) is 68.5. The van der Waals surface area contributed by atoms with Crippen molar-refractivity contribution in [3.05, 3.63) is 121 Å². The quantitative estimate of drug-likeness (QED) is 0.0386. The van der Waals surface area contributed by atoms with Gasteiger partial charge >= 0.3 is 12.2 Å². The number of aromatic nitrogens is 17. The summed E-state index contributed by atoms with van der Waals surface area (Å²) in [4.78, 5) is 67.7. The lowest BCUT2D eigenvalue weighted by Gasteiger charge is -2.33. The zero-order valence-electron chi connectivity index (χ0n) is 66.2. The number of ether oxygens (including phenoxy) is 5. The number of hydrogen-bond acceptors (Lipinski definition) is 29. The smallest absolute Gasteiger partial charge is 0.410 e. The highest BCUT2D eigenvalue weighted by atomic mass is 35.5. The van der Waals surface area contributed by atoms with Crippen LogP contribution in [-0.2, 0) is 9.47 Å². The van der Waals surface area contributed by atoms with Crippen molar-refractivity contribution in [2.24, 2.45) is 15.1 Å². The molecule has 11 aromatic rings. The van der Waals surface area contributed by atoms with E-state index in [0.717, 1.165) is 125 Å². The first-order valence-corrected chi connectivity index (χ1v) is 40.7. The normalized spacial score (nSPS) is 16.6. The minimum absolute atomic E-state index is 0.0270. The lowest BCUT2D eigenvalue weighted by atomic mass is 10.1. The molecule has 3 aliphatic heterocycles. The molecule has 7 N–H and O–H groups in total. The summed E-state index contributed by atoms with van der Waals surface area (Å²) in [6, 6.07) is 17.9. The Morgan fingerprint density at radius 3 is 1.39 bits per heavy atom. The summed E-state index contributed by atoms with van der Waals surface area (Å²) in [7, 11) is 0. The number of nitrogen functional groups attached to an aromatic ring is 1. The van der Waals surface area contributed by atoms with Crippen LogP contribution in [-0.4, -0.2) is 181 Å². The SMILES string of the molecule is CC(C)(C)OC(=O)N1CCC(Oc2ccc(Cl)nn2)CC1.CC(C)(C)OC(=O)N1CCC(Oc2ccc(Nc3ncc4c5ccncc5n(C5CCCC5)c4n3)nn2)CC1.N=NN=NCl.Nc1ncc(-c2ccncc2Cl)c(NC2CCCC2)n1.c1cc2c3cnc(Nc4ccc(OC5CCNCC5)nn4)nc3n(C3CCCC3)c2cn1. The van der Waals surface area contributed by atoms with Crippen molar-refractivity contribution in [1.29, 1.82) is 5.53 Å². The molecule has 3 aliphatic carbocycles. The number of carbonyl (C=O) groups excluding carboxylic acids is 2. The highest BCUT2D eigenvalue weighted by Gasteiger charge is 2.32. The molecule has 6 fully saturated rings. The van der Waals surface area contributed by atoms with Crippen LogP contribution in [0, 0.1) is 5.53 Å². The Kier molecular flexibility index (Phi) is 28.3. The highest BCUT2D eigenvalue weighted by molar-refractivity contribution is 6.33. The molecule has 11 aromatic heterocycles. The Labute approximate surface area is 691 Å². The van der Waals surface area contributed by atoms with Crippen molar-refractivity contribution < 1.29 is 33.3 Å². The van der Waals surface area contributed by atoms with E-state index in [4.69, 9.17) is 68.1 Å². The van der Waals surface area contributed by atoms with Gasteiger partial charge in [0.05, 0.1) is 40.2 Å². The van der Waals surface area contributed by atoms with E-state index < -0.39 is 11.2 Å². The minimum Gasteiger partial charge on any atom is -0.473 e. The van der Waals surface area contributed by atoms with Crippen LogP contribution in [0.4, 0.5) is 44.9 Å². The predicted molar refractivity (Wildman–Crippen MR) is 444 cm³/mol. The van der Waals surface area contributed by atoms with Gasteiger partial charge in [-0.15, -0.1) is 30.6 Å². The van der Waals surface area contributed by atoms with Gasteiger partial charge < -0.3 is 69.6 Å². The van der Waals surface area contributed by atoms with Gasteiger partial charge in [0, 0.05) is 164 Å². The molecule has 616 valence electrons. The maximum absolute atomic E-state index is 12.3. The first-order chi connectivity index (χ1) is 56.7. The van der Waals surface area contributed by atoms with Crippen molar-refractivity contribution in [2.45, 2.75) is 205 Å². The monoisotopic (exact) mass is 1650 g/mol. The van der Waals surface area contributed by atoms with Crippen molar-refractivity contribution in [3.8, 4) is 28.8 Å². The number of rotatable bonds is 16. The largest absolute Gasteiger partial charge is 0.473 e. The van der Waals surface area contributed by atoms with Crippen molar-refractivity contribution in [2.75, 3.05) is 61.0 Å². The number of pyridine rings is 3. The van der Waals surface area contributed by atoms with E-state index >= 15 is 0 Å². The second-order valence-electron chi connectivity index (χ2n) is 31.1. The van der Waals surface area contributed by atoms with E-state index in [1.54, 1.807) is 46.6 Å². The average Bonchev–Trinajstić information content (AvgIpc) is 1.60. The Bertz CT molecular complexity index is 5130. The van der Waals surface area contributed by atoms with Crippen molar-refractivity contribution >= 4 is 126 Å². The molecule has 0 atom stereocenters. The summed E-state index contributed by atoms with van der Waals surface area (Å²) < 4.78 is 35.8. The standard InChI is InChI=1S/C28H34N8O3.C23H26N8O.C14H16ClN5.C14H20ClN3O3.ClHN4/c1-28(2,3)39-27(37)35-14-11-19(12-15-35)38-24-9-8-23(33-34-24)31-26-30-16-21-20-10-13-29-17-22(20)36(25(21)32-26)18-6-4-5-7-18;1-2-4-15(3-1)31-19-14-25-12-9-17(19)18-13-26-23(28-22(18)31)27-20-5-6-21(30-29-20)32-16-7-10-24-11-8-16;15-12-8-17-6-5-10(12)11-7-18-14(16)20-13(11)19-9-3-1-2-4-9;1-14(2,3)21-13(19)18-8-6-10(7-9-18)20-12-5-4-11(15)16-17-12;1-3-5-4-2/h8-10,13,16-19H,4-7,11-12,14-15H2,1-3H3,(H,30,31,32,33);5-6,9,12-16,24H,1-4,7-8,10-11H2,(H,26,27,28,29);5-9H,1-4H2,(H3,16,18,19,20);4-5,10H,6-9H2,1-3H3;2H. The number of fused-ring (bicyclic) bond motifs is 6. The molecule has 17 rings (SSSR count). The molecule has 35 nitrogen and oxygen atoms in total. The highest BCUT2D eigenvalue weighted by Crippen LogP contribution is 2.41. The van der Waals surface area contributed by atoms with E-state index in [9.17, 15) is 9.59 Å². The Morgan fingerprint density at radius 2 is 0.966 bits per heavy atom. The van der Waals surface area contributed by atoms with E-state index in [-0.39, 0.29) is 36.4 Å². The molecule has 2 amide bonds. The van der Waals surface area contributed by atoms with Gasteiger partial charge in [-0.05, 0) is 153 Å². The maximum Gasteiger partial charge on any atom is 0.410 e. The van der Waals surface area contributed by atoms with Gasteiger partial charge in [0.15, 0.2) is 16.8 Å². The number of halogens is 3. The zero-order chi connectivity index (χ0) is 81.8. The molecule has 3 saturated heterocycles. The van der Waals surface area contributed by atoms with Gasteiger partial charge in [-0.25, -0.2) is 24.5 Å². The van der Waals surface area contributed by atoms with Crippen LogP contribution in [0.2, 0.25) is 10.2 Å². The van der Waals surface area contributed by atoms with Crippen LogP contribution in [0.5, 0.6) is 17.6 Å². The topological polar surface area (TPSA) is 425 Å². The predicted octanol–water partition coefficient (Wildman–Crippen LogP) is 16.7. The molecular weight excluding hydrogens is 1560 g/mol. The number of carbonyl (C=O) groups is 2. The number of hydrogen-bond donors (Lipinski definition) is 6. The van der Waals surface area contributed by atoms with Crippen LogP contribution in [0.15, 0.2) is 125 Å². The Morgan fingerprint density at radius 1 is 0.513 bits per heavy atom. The van der Waals surface area contributed by atoms with Gasteiger partial charge in [0.2, 0.25) is 35.5 Å². The number of nitrogens with zero attached hydrogens (tertiary/aromatic N) is 22. The van der Waals surface area contributed by atoms with Crippen LogP contribution in [0.25, 0.3) is 55.0 Å². The van der Waals surface area contributed by atoms with Crippen molar-refractivity contribution in [1.82, 2.24) is 99.7 Å². The van der Waals surface area contributed by atoms with E-state index in [1.807, 2.05) is 115 Å². The summed E-state index contributed by atoms with van der Waals surface area (Å²) in [6.07, 6.45) is 35.2. The molecule has 0 spiro atoms. The van der Waals surface area contributed by atoms with Crippen LogP contribution in [0.3, 0.4) is 0 Å². The average molecular weight is 1660 g/mol. The molecule has 3 saturated carbocycles. The molecule has 117 heavy (non-hydrogen) atoms.